The summed E-state index contributed by atoms with van der Waals surface area (Å²) < 4.78 is 12.7. The molecule has 1 aliphatic heterocycles. The Morgan fingerprint density at radius 2 is 1.97 bits per heavy atom. The largest absolute Gasteiger partial charge is 0.496 e. The van der Waals surface area contributed by atoms with Crippen molar-refractivity contribution in [3.8, 4) is 16.9 Å². The average molecular weight is 468 g/mol. The molecular formula is C23H22ClN5O4. The van der Waals surface area contributed by atoms with Crippen molar-refractivity contribution in [2.45, 2.75) is 33.9 Å². The second kappa shape index (κ2) is 7.77. The molecule has 10 heteroatoms. The number of rotatable bonds is 4. The molecule has 1 amide bonds. The Labute approximate surface area is 193 Å². The molecule has 0 aliphatic carbocycles. The Bertz CT molecular complexity index is 1460. The van der Waals surface area contributed by atoms with Crippen LogP contribution in [0.15, 0.2) is 27.8 Å². The molecule has 0 bridgehead atoms. The van der Waals surface area contributed by atoms with Crippen molar-refractivity contribution < 1.29 is 14.1 Å². The Hall–Kier alpha value is -3.59. The summed E-state index contributed by atoms with van der Waals surface area (Å²) in [4.78, 5) is 35.4. The van der Waals surface area contributed by atoms with Gasteiger partial charge in [-0.15, -0.1) is 0 Å². The lowest BCUT2D eigenvalue weighted by atomic mass is 9.99. The van der Waals surface area contributed by atoms with Crippen molar-refractivity contribution in [3.63, 3.8) is 0 Å². The van der Waals surface area contributed by atoms with Gasteiger partial charge in [-0.3, -0.25) is 9.59 Å². The standard InChI is InChI=1S/C23H22ClN5O4/c1-11-7-17(32-4)15(22(30)26-11)9-28-5-6-29-10-25-16-8-14(18-12(2)27-33-13(18)3)20(24)19(21(16)29)23(28)31/h7-8,10H,5-6,9H2,1-4H3,(H,26,30). The molecular weight excluding hydrogens is 446 g/mol. The number of aromatic amines is 1. The van der Waals surface area contributed by atoms with E-state index in [4.69, 9.17) is 20.9 Å². The molecule has 1 N–H and O–H groups in total. The molecule has 0 atom stereocenters. The average Bonchev–Trinajstić information content (AvgIpc) is 3.29. The highest BCUT2D eigenvalue weighted by atomic mass is 35.5. The Morgan fingerprint density at radius 1 is 1.18 bits per heavy atom. The third kappa shape index (κ3) is 3.31. The smallest absolute Gasteiger partial charge is 0.257 e. The predicted molar refractivity (Wildman–Crippen MR) is 123 cm³/mol. The zero-order chi connectivity index (χ0) is 23.4. The molecule has 3 aromatic heterocycles. The first kappa shape index (κ1) is 21.3. The fourth-order valence-electron chi connectivity index (χ4n) is 4.48. The second-order valence-corrected chi connectivity index (χ2v) is 8.55. The van der Waals surface area contributed by atoms with E-state index in [1.54, 1.807) is 31.1 Å². The number of H-pyrrole nitrogens is 1. The number of carbonyl (C=O) groups excluding carboxylic acids is 1. The number of amides is 1. The summed E-state index contributed by atoms with van der Waals surface area (Å²) in [6.07, 6.45) is 1.71. The fraction of sp³-hybridized carbons (Fsp3) is 0.304. The van der Waals surface area contributed by atoms with Crippen LogP contribution >= 0.6 is 11.6 Å². The SMILES string of the molecule is COc1cc(C)[nH]c(=O)c1CN1CCn2cnc3cc(-c4c(C)noc4C)c(Cl)c(c32)C1=O. The summed E-state index contributed by atoms with van der Waals surface area (Å²) >= 11 is 6.88. The van der Waals surface area contributed by atoms with Gasteiger partial charge in [0.2, 0.25) is 0 Å². The Morgan fingerprint density at radius 3 is 2.67 bits per heavy atom. The third-order valence-corrected chi connectivity index (χ3v) is 6.45. The van der Waals surface area contributed by atoms with Crippen LogP contribution < -0.4 is 10.3 Å². The highest BCUT2D eigenvalue weighted by Gasteiger charge is 2.31. The lowest BCUT2D eigenvalue weighted by Crippen LogP contribution is -2.34. The number of aryl methyl sites for hydroxylation is 3. The van der Waals surface area contributed by atoms with Crippen molar-refractivity contribution in [1.29, 1.82) is 0 Å². The number of nitrogens with zero attached hydrogens (tertiary/aromatic N) is 4. The molecule has 170 valence electrons. The van der Waals surface area contributed by atoms with Gasteiger partial charge in [0, 0.05) is 29.9 Å². The molecule has 0 spiro atoms. The number of nitrogens with one attached hydrogen (secondary N) is 1. The summed E-state index contributed by atoms with van der Waals surface area (Å²) in [6.45, 7) is 6.39. The highest BCUT2D eigenvalue weighted by Crippen LogP contribution is 2.40. The van der Waals surface area contributed by atoms with Crippen molar-refractivity contribution in [1.82, 2.24) is 24.6 Å². The normalized spacial score (nSPS) is 13.6. The quantitative estimate of drug-likeness (QED) is 0.491. The van der Waals surface area contributed by atoms with E-state index in [1.165, 1.54) is 7.11 Å². The van der Waals surface area contributed by atoms with E-state index >= 15 is 0 Å². The summed E-state index contributed by atoms with van der Waals surface area (Å²) in [5.74, 6) is 0.768. The maximum atomic E-state index is 13.8. The van der Waals surface area contributed by atoms with Gasteiger partial charge in [0.25, 0.3) is 11.5 Å². The van der Waals surface area contributed by atoms with Crippen molar-refractivity contribution in [3.05, 3.63) is 62.1 Å². The van der Waals surface area contributed by atoms with E-state index < -0.39 is 0 Å². The fourth-order valence-corrected chi connectivity index (χ4v) is 4.80. The molecule has 0 radical (unpaired) electrons. The minimum Gasteiger partial charge on any atom is -0.496 e. The lowest BCUT2D eigenvalue weighted by Gasteiger charge is -2.22. The van der Waals surface area contributed by atoms with Gasteiger partial charge in [0.05, 0.1) is 52.9 Å². The van der Waals surface area contributed by atoms with Crippen molar-refractivity contribution in [2.24, 2.45) is 0 Å². The molecule has 0 saturated carbocycles. The van der Waals surface area contributed by atoms with Gasteiger partial charge >= 0.3 is 0 Å². The van der Waals surface area contributed by atoms with Gasteiger partial charge in [-0.2, -0.15) is 0 Å². The summed E-state index contributed by atoms with van der Waals surface area (Å²) in [6, 6.07) is 3.61. The molecule has 4 heterocycles. The molecule has 5 rings (SSSR count). The maximum absolute atomic E-state index is 13.8. The second-order valence-electron chi connectivity index (χ2n) is 8.17. The third-order valence-electron chi connectivity index (χ3n) is 6.05. The zero-order valence-corrected chi connectivity index (χ0v) is 19.4. The molecule has 1 aromatic carbocycles. The van der Waals surface area contributed by atoms with E-state index in [0.29, 0.717) is 68.7 Å². The highest BCUT2D eigenvalue weighted by molar-refractivity contribution is 6.38. The number of methoxy groups -OCH3 is 1. The number of benzene rings is 1. The van der Waals surface area contributed by atoms with E-state index in [0.717, 1.165) is 5.56 Å². The minimum absolute atomic E-state index is 0.0866. The summed E-state index contributed by atoms with van der Waals surface area (Å²) in [5, 5.41) is 4.33. The molecule has 9 nitrogen and oxygen atoms in total. The number of imidazole rings is 1. The number of aromatic nitrogens is 4. The molecule has 0 saturated heterocycles. The number of hydrogen-bond acceptors (Lipinski definition) is 6. The predicted octanol–water partition coefficient (Wildman–Crippen LogP) is 3.62. The van der Waals surface area contributed by atoms with Crippen LogP contribution in [0.1, 0.15) is 33.1 Å². The van der Waals surface area contributed by atoms with E-state index in [1.807, 2.05) is 17.6 Å². The van der Waals surface area contributed by atoms with Gasteiger partial charge in [0.1, 0.15) is 11.5 Å². The van der Waals surface area contributed by atoms with Crippen LogP contribution in [-0.2, 0) is 13.1 Å². The number of hydrogen-bond donors (Lipinski definition) is 1. The topological polar surface area (TPSA) is 106 Å². The first-order valence-corrected chi connectivity index (χ1v) is 10.8. The maximum Gasteiger partial charge on any atom is 0.257 e. The van der Waals surface area contributed by atoms with Gasteiger partial charge in [0.15, 0.2) is 0 Å². The van der Waals surface area contributed by atoms with Crippen LogP contribution in [0.25, 0.3) is 22.2 Å². The lowest BCUT2D eigenvalue weighted by molar-refractivity contribution is 0.0744. The number of halogens is 1. The van der Waals surface area contributed by atoms with E-state index in [2.05, 4.69) is 15.1 Å². The van der Waals surface area contributed by atoms with Crippen molar-refractivity contribution >= 4 is 28.5 Å². The first-order chi connectivity index (χ1) is 15.8. The minimum atomic E-state index is -0.286. The van der Waals surface area contributed by atoms with Gasteiger partial charge in [-0.1, -0.05) is 16.8 Å². The summed E-state index contributed by atoms with van der Waals surface area (Å²) in [5.41, 5.74) is 4.52. The van der Waals surface area contributed by atoms with Gasteiger partial charge < -0.3 is 23.7 Å². The first-order valence-electron chi connectivity index (χ1n) is 10.5. The monoisotopic (exact) mass is 467 g/mol. The molecule has 33 heavy (non-hydrogen) atoms. The molecule has 4 aromatic rings. The van der Waals surface area contributed by atoms with Gasteiger partial charge in [-0.05, 0) is 32.9 Å². The summed E-state index contributed by atoms with van der Waals surface area (Å²) in [7, 11) is 1.51. The zero-order valence-electron chi connectivity index (χ0n) is 18.7. The van der Waals surface area contributed by atoms with Crippen LogP contribution in [0.3, 0.4) is 0 Å². The number of carbonyl (C=O) groups is 1. The molecule has 0 unspecified atom stereocenters. The Kier molecular flexibility index (Phi) is 5.01. The van der Waals surface area contributed by atoms with E-state index in [-0.39, 0.29) is 18.0 Å². The Balaban J connectivity index is 1.66. The molecule has 1 aliphatic rings. The van der Waals surface area contributed by atoms with Gasteiger partial charge in [-0.25, -0.2) is 4.98 Å². The van der Waals surface area contributed by atoms with Crippen LogP contribution in [0, 0.1) is 20.8 Å². The number of ether oxygens (including phenoxy) is 1. The number of pyridine rings is 1. The van der Waals surface area contributed by atoms with Crippen LogP contribution in [-0.4, -0.2) is 44.2 Å². The van der Waals surface area contributed by atoms with Crippen LogP contribution in [0.4, 0.5) is 0 Å². The van der Waals surface area contributed by atoms with Crippen molar-refractivity contribution in [2.75, 3.05) is 13.7 Å². The van der Waals surface area contributed by atoms with E-state index in [9.17, 15) is 9.59 Å². The van der Waals surface area contributed by atoms with Crippen LogP contribution in [0.2, 0.25) is 5.02 Å². The van der Waals surface area contributed by atoms with Crippen LogP contribution in [0.5, 0.6) is 5.75 Å². The molecule has 0 fully saturated rings.